The van der Waals surface area contributed by atoms with E-state index in [9.17, 15) is 0 Å². The fourth-order valence-electron chi connectivity index (χ4n) is 6.73. The molecule has 0 saturated carbocycles. The number of pyridine rings is 1. The number of rotatable bonds is 2. The normalized spacial score (nSPS) is 12.3. The standard InChI is InChI=1S/C36H20N4OS/c1-2-10-26-25(9-1)35-29(19-37-40(35)32-20-38-42-36(26)32)21-13-15-31-27(17-21)23-7-3-5-11-30(23)39(31)22-14-16-34-28(18-22)24-8-4-6-12-33(24)41-34/h1-20H. The molecule has 0 fully saturated rings. The second-order valence-electron chi connectivity index (χ2n) is 10.8. The van der Waals surface area contributed by atoms with Crippen molar-refractivity contribution in [1.29, 1.82) is 0 Å². The quantitative estimate of drug-likeness (QED) is 0.213. The summed E-state index contributed by atoms with van der Waals surface area (Å²) in [6.07, 6.45) is 3.92. The van der Waals surface area contributed by atoms with Gasteiger partial charge in [-0.25, -0.2) is 4.52 Å². The lowest BCUT2D eigenvalue weighted by molar-refractivity contribution is 0.669. The van der Waals surface area contributed by atoms with Gasteiger partial charge in [-0.1, -0.05) is 66.7 Å². The summed E-state index contributed by atoms with van der Waals surface area (Å²) < 4.78 is 16.2. The van der Waals surface area contributed by atoms with E-state index >= 15 is 0 Å². The Morgan fingerprint density at radius 3 is 2.26 bits per heavy atom. The predicted octanol–water partition coefficient (Wildman–Crippen LogP) is 9.76. The Labute approximate surface area is 242 Å². The summed E-state index contributed by atoms with van der Waals surface area (Å²) in [7, 11) is 0. The summed E-state index contributed by atoms with van der Waals surface area (Å²) in [5.74, 6) is 0. The Balaban J connectivity index is 1.25. The molecule has 0 aliphatic rings. The molecular weight excluding hydrogens is 536 g/mol. The van der Waals surface area contributed by atoms with E-state index in [1.54, 1.807) is 0 Å². The summed E-state index contributed by atoms with van der Waals surface area (Å²) in [4.78, 5) is 0. The van der Waals surface area contributed by atoms with Crippen LogP contribution < -0.4 is 0 Å². The van der Waals surface area contributed by atoms with E-state index in [1.165, 1.54) is 38.6 Å². The lowest BCUT2D eigenvalue weighted by Crippen LogP contribution is -1.93. The Hall–Kier alpha value is -5.46. The predicted molar refractivity (Wildman–Crippen MR) is 173 cm³/mol. The lowest BCUT2D eigenvalue weighted by atomic mass is 10.0. The fourth-order valence-corrected chi connectivity index (χ4v) is 7.50. The van der Waals surface area contributed by atoms with Crippen LogP contribution in [0, 0.1) is 0 Å². The molecule has 0 unspecified atom stereocenters. The van der Waals surface area contributed by atoms with Gasteiger partial charge in [-0.2, -0.15) is 9.47 Å². The third-order valence-corrected chi connectivity index (χ3v) is 9.40. The third kappa shape index (κ3) is 2.86. The van der Waals surface area contributed by atoms with Gasteiger partial charge in [0.25, 0.3) is 0 Å². The molecule has 10 aromatic rings. The van der Waals surface area contributed by atoms with Crippen molar-refractivity contribution in [1.82, 2.24) is 18.6 Å². The molecule has 0 atom stereocenters. The van der Waals surface area contributed by atoms with Crippen molar-refractivity contribution in [3.05, 3.63) is 122 Å². The molecule has 5 nitrogen and oxygen atoms in total. The van der Waals surface area contributed by atoms with Crippen molar-refractivity contribution in [3.63, 3.8) is 0 Å². The van der Waals surface area contributed by atoms with Crippen molar-refractivity contribution < 1.29 is 4.42 Å². The summed E-state index contributed by atoms with van der Waals surface area (Å²) in [6, 6.07) is 38.8. The highest BCUT2D eigenvalue weighted by Crippen LogP contribution is 2.40. The van der Waals surface area contributed by atoms with E-state index in [1.807, 2.05) is 24.5 Å². The van der Waals surface area contributed by atoms with Crippen molar-refractivity contribution in [3.8, 4) is 16.8 Å². The van der Waals surface area contributed by atoms with Crippen LogP contribution in [0.15, 0.2) is 126 Å². The van der Waals surface area contributed by atoms with Crippen LogP contribution in [0.3, 0.4) is 0 Å². The first kappa shape index (κ1) is 22.3. The van der Waals surface area contributed by atoms with Gasteiger partial charge in [0.2, 0.25) is 0 Å². The molecular formula is C36H20N4OS. The molecule has 196 valence electrons. The number of aromatic nitrogens is 4. The first-order valence-electron chi connectivity index (χ1n) is 13.9. The van der Waals surface area contributed by atoms with E-state index in [4.69, 9.17) is 9.52 Å². The van der Waals surface area contributed by atoms with Crippen LogP contribution >= 0.6 is 11.5 Å². The van der Waals surface area contributed by atoms with Gasteiger partial charge >= 0.3 is 0 Å². The molecule has 0 bridgehead atoms. The van der Waals surface area contributed by atoms with Gasteiger partial charge in [0.15, 0.2) is 0 Å². The van der Waals surface area contributed by atoms with Crippen LogP contribution in [0.5, 0.6) is 0 Å². The average molecular weight is 557 g/mol. The molecule has 0 saturated heterocycles. The number of hydrogen-bond acceptors (Lipinski definition) is 4. The SMILES string of the molecule is c1ccc2c(c1)oc1ccc(-n3c4ccccc4c4cc(-c5cnn6c7cnsc7c7ccccc7c56)ccc43)cc12. The minimum absolute atomic E-state index is 0.901. The Morgan fingerprint density at radius 1 is 0.571 bits per heavy atom. The number of nitrogens with zero attached hydrogens (tertiary/aromatic N) is 4. The maximum absolute atomic E-state index is 6.12. The first-order valence-corrected chi connectivity index (χ1v) is 14.7. The fraction of sp³-hybridized carbons (Fsp3) is 0. The molecule has 0 spiro atoms. The van der Waals surface area contributed by atoms with Gasteiger partial charge in [-0.3, -0.25) is 0 Å². The zero-order valence-corrected chi connectivity index (χ0v) is 23.0. The van der Waals surface area contributed by atoms with Crippen LogP contribution in [-0.2, 0) is 0 Å². The summed E-state index contributed by atoms with van der Waals surface area (Å²) >= 11 is 1.52. The van der Waals surface area contributed by atoms with Crippen LogP contribution in [0.2, 0.25) is 0 Å². The number of fused-ring (bicyclic) bond motifs is 12. The second kappa shape index (κ2) is 8.06. The highest BCUT2D eigenvalue weighted by molar-refractivity contribution is 7.14. The van der Waals surface area contributed by atoms with Gasteiger partial charge in [0.05, 0.1) is 33.6 Å². The van der Waals surface area contributed by atoms with Crippen LogP contribution in [0.4, 0.5) is 0 Å². The number of furan rings is 1. The van der Waals surface area contributed by atoms with E-state index in [-0.39, 0.29) is 0 Å². The van der Waals surface area contributed by atoms with Crippen molar-refractivity contribution >= 4 is 81.8 Å². The van der Waals surface area contributed by atoms with Crippen LogP contribution in [0.1, 0.15) is 0 Å². The molecule has 5 aromatic heterocycles. The smallest absolute Gasteiger partial charge is 0.135 e. The van der Waals surface area contributed by atoms with Gasteiger partial charge in [-0.15, -0.1) is 0 Å². The van der Waals surface area contributed by atoms with Gasteiger partial charge in [0.1, 0.15) is 16.7 Å². The van der Waals surface area contributed by atoms with Crippen molar-refractivity contribution in [2.75, 3.05) is 0 Å². The molecule has 42 heavy (non-hydrogen) atoms. The van der Waals surface area contributed by atoms with Gasteiger partial charge < -0.3 is 8.98 Å². The molecule has 0 N–H and O–H groups in total. The zero-order valence-electron chi connectivity index (χ0n) is 22.2. The van der Waals surface area contributed by atoms with Crippen LogP contribution in [0.25, 0.3) is 87.1 Å². The molecule has 5 heterocycles. The van der Waals surface area contributed by atoms with Crippen molar-refractivity contribution in [2.24, 2.45) is 0 Å². The zero-order chi connectivity index (χ0) is 27.4. The molecule has 10 rings (SSSR count). The van der Waals surface area contributed by atoms with Gasteiger partial charge in [0, 0.05) is 43.6 Å². The van der Waals surface area contributed by atoms with E-state index in [0.29, 0.717) is 0 Å². The highest BCUT2D eigenvalue weighted by atomic mass is 32.1. The van der Waals surface area contributed by atoms with E-state index in [2.05, 4.69) is 111 Å². The topological polar surface area (TPSA) is 48.3 Å². The first-order chi connectivity index (χ1) is 20.8. The number of hydrogen-bond donors (Lipinski definition) is 0. The minimum Gasteiger partial charge on any atom is -0.456 e. The Kier molecular flexibility index (Phi) is 4.27. The monoisotopic (exact) mass is 556 g/mol. The summed E-state index contributed by atoms with van der Waals surface area (Å²) in [6.45, 7) is 0. The van der Waals surface area contributed by atoms with E-state index < -0.39 is 0 Å². The molecule has 6 heteroatoms. The third-order valence-electron chi connectivity index (χ3n) is 8.58. The largest absolute Gasteiger partial charge is 0.456 e. The number of para-hydroxylation sites is 2. The minimum atomic E-state index is 0.901. The van der Waals surface area contributed by atoms with Crippen molar-refractivity contribution in [2.45, 2.75) is 0 Å². The molecule has 5 aromatic carbocycles. The molecule has 0 radical (unpaired) electrons. The summed E-state index contributed by atoms with van der Waals surface area (Å²) in [5, 5.41) is 11.9. The van der Waals surface area contributed by atoms with Crippen LogP contribution in [-0.4, -0.2) is 18.6 Å². The molecule has 0 amide bonds. The number of benzene rings is 5. The Bertz CT molecular complexity index is 2710. The van der Waals surface area contributed by atoms with E-state index in [0.717, 1.165) is 60.0 Å². The van der Waals surface area contributed by atoms with Gasteiger partial charge in [-0.05, 0) is 59.6 Å². The lowest BCUT2D eigenvalue weighted by Gasteiger charge is -2.09. The second-order valence-corrected chi connectivity index (χ2v) is 11.6. The molecule has 0 aliphatic heterocycles. The average Bonchev–Trinajstić information content (AvgIpc) is 3.83. The molecule has 0 aliphatic carbocycles. The maximum Gasteiger partial charge on any atom is 0.135 e. The Morgan fingerprint density at radius 2 is 1.33 bits per heavy atom. The summed E-state index contributed by atoms with van der Waals surface area (Å²) in [5.41, 5.74) is 9.67. The highest BCUT2D eigenvalue weighted by Gasteiger charge is 2.19. The maximum atomic E-state index is 6.12.